The first kappa shape index (κ1) is 12.1. The summed E-state index contributed by atoms with van der Waals surface area (Å²) >= 11 is 0. The van der Waals surface area contributed by atoms with Crippen LogP contribution in [-0.2, 0) is 16.0 Å². The third-order valence-corrected chi connectivity index (χ3v) is 3.49. The minimum absolute atomic E-state index is 0.00438. The fourth-order valence-electron chi connectivity index (χ4n) is 2.44. The number of rotatable bonds is 2. The molecule has 2 aliphatic rings. The van der Waals surface area contributed by atoms with Gasteiger partial charge in [0.1, 0.15) is 18.2 Å². The summed E-state index contributed by atoms with van der Waals surface area (Å²) in [5.74, 6) is 1.43. The summed E-state index contributed by atoms with van der Waals surface area (Å²) in [6.45, 7) is 1.19. The highest BCUT2D eigenvalue weighted by atomic mass is 16.5. The first-order valence-corrected chi connectivity index (χ1v) is 6.32. The maximum Gasteiger partial charge on any atom is 0.228 e. The maximum absolute atomic E-state index is 11.9. The molecule has 1 amide bonds. The van der Waals surface area contributed by atoms with Gasteiger partial charge in [0.25, 0.3) is 0 Å². The van der Waals surface area contributed by atoms with E-state index < -0.39 is 0 Å². The van der Waals surface area contributed by atoms with Crippen LogP contribution in [0.4, 0.5) is 5.82 Å². The zero-order chi connectivity index (χ0) is 13.4. The summed E-state index contributed by atoms with van der Waals surface area (Å²) in [6.07, 6.45) is 0.732. The number of ether oxygens (including phenoxy) is 1. The third-order valence-electron chi connectivity index (χ3n) is 3.49. The number of Topliss-reactive ketones (excluding diaryl/α,β-unsaturated/α-hetero) is 1. The molecule has 1 saturated heterocycles. The Hall–Kier alpha value is -1.95. The molecule has 1 aromatic heterocycles. The molecule has 1 aromatic rings. The smallest absolute Gasteiger partial charge is 0.228 e. The Labute approximate surface area is 110 Å². The molecule has 0 saturated carbocycles. The van der Waals surface area contributed by atoms with Crippen LogP contribution in [-0.4, -0.2) is 36.4 Å². The highest BCUT2D eigenvalue weighted by Gasteiger charge is 2.31. The molecule has 6 heteroatoms. The van der Waals surface area contributed by atoms with Crippen molar-refractivity contribution in [3.63, 3.8) is 0 Å². The Balaban J connectivity index is 1.88. The number of ketones is 1. The average molecular weight is 261 g/mol. The van der Waals surface area contributed by atoms with E-state index >= 15 is 0 Å². The van der Waals surface area contributed by atoms with Crippen LogP contribution < -0.4 is 15.4 Å². The van der Waals surface area contributed by atoms with Gasteiger partial charge < -0.3 is 10.5 Å². The minimum atomic E-state index is 0.00438. The molecule has 0 aromatic carbocycles. The normalized spacial score (nSPS) is 22.4. The van der Waals surface area contributed by atoms with Crippen molar-refractivity contribution in [1.82, 2.24) is 4.98 Å². The Morgan fingerprint density at radius 1 is 1.42 bits per heavy atom. The number of nitrogens with zero attached hydrogens (tertiary/aromatic N) is 2. The Morgan fingerprint density at radius 3 is 3.00 bits per heavy atom. The highest BCUT2D eigenvalue weighted by Crippen LogP contribution is 2.28. The second-order valence-electron chi connectivity index (χ2n) is 4.93. The number of carbonyl (C=O) groups excluding carboxylic acids is 2. The summed E-state index contributed by atoms with van der Waals surface area (Å²) in [5, 5.41) is 0. The predicted octanol–water partition coefficient (Wildman–Crippen LogP) is -0.103. The van der Waals surface area contributed by atoms with Crippen molar-refractivity contribution in [2.75, 3.05) is 24.6 Å². The Morgan fingerprint density at radius 2 is 2.26 bits per heavy atom. The van der Waals surface area contributed by atoms with Crippen molar-refractivity contribution in [3.05, 3.63) is 17.8 Å². The number of hydrogen-bond acceptors (Lipinski definition) is 5. The molecule has 0 spiro atoms. The Kier molecular flexibility index (Phi) is 2.94. The van der Waals surface area contributed by atoms with Gasteiger partial charge in [0.15, 0.2) is 5.78 Å². The summed E-state index contributed by atoms with van der Waals surface area (Å²) in [7, 11) is 0. The summed E-state index contributed by atoms with van der Waals surface area (Å²) < 4.78 is 5.29. The van der Waals surface area contributed by atoms with Crippen LogP contribution in [0.15, 0.2) is 12.1 Å². The largest absolute Gasteiger partial charge is 0.484 e. The lowest BCUT2D eigenvalue weighted by Crippen LogP contribution is -2.28. The van der Waals surface area contributed by atoms with Gasteiger partial charge in [-0.15, -0.1) is 0 Å². The van der Waals surface area contributed by atoms with Gasteiger partial charge in [-0.2, -0.15) is 0 Å². The van der Waals surface area contributed by atoms with Crippen LogP contribution in [0.3, 0.4) is 0 Å². The summed E-state index contributed by atoms with van der Waals surface area (Å²) in [4.78, 5) is 29.3. The predicted molar refractivity (Wildman–Crippen MR) is 68.0 cm³/mol. The van der Waals surface area contributed by atoms with Crippen molar-refractivity contribution >= 4 is 17.5 Å². The van der Waals surface area contributed by atoms with E-state index in [4.69, 9.17) is 10.5 Å². The first-order valence-electron chi connectivity index (χ1n) is 6.32. The van der Waals surface area contributed by atoms with E-state index in [1.807, 2.05) is 0 Å². The molecule has 1 atom stereocenters. The van der Waals surface area contributed by atoms with E-state index in [2.05, 4.69) is 4.98 Å². The molecule has 0 radical (unpaired) electrons. The quantitative estimate of drug-likeness (QED) is 0.803. The van der Waals surface area contributed by atoms with Crippen LogP contribution in [0, 0.1) is 5.92 Å². The monoisotopic (exact) mass is 261 g/mol. The maximum atomic E-state index is 11.9. The van der Waals surface area contributed by atoms with E-state index in [9.17, 15) is 9.59 Å². The molecule has 0 bridgehead atoms. The van der Waals surface area contributed by atoms with Crippen molar-refractivity contribution in [3.8, 4) is 5.75 Å². The van der Waals surface area contributed by atoms with E-state index in [1.165, 1.54) is 0 Å². The van der Waals surface area contributed by atoms with Crippen LogP contribution in [0.25, 0.3) is 0 Å². The Bertz CT molecular complexity index is 544. The van der Waals surface area contributed by atoms with Gasteiger partial charge in [0.05, 0.1) is 12.1 Å². The molecule has 6 nitrogen and oxygen atoms in total. The summed E-state index contributed by atoms with van der Waals surface area (Å²) in [6, 6.07) is 3.53. The van der Waals surface area contributed by atoms with Crippen LogP contribution in [0.2, 0.25) is 0 Å². The minimum Gasteiger partial charge on any atom is -0.484 e. The molecule has 3 rings (SSSR count). The van der Waals surface area contributed by atoms with E-state index in [0.717, 1.165) is 0 Å². The molecule has 2 N–H and O–H groups in total. The second kappa shape index (κ2) is 4.62. The topological polar surface area (TPSA) is 85.5 Å². The standard InChI is InChI=1S/C13H15N3O3/c14-5-8-3-13(18)16(6-8)12-2-1-11-10(15-12)4-9(17)7-19-11/h1-2,8H,3-7,14H2/t8-/m0/s1. The van der Waals surface area contributed by atoms with Crippen molar-refractivity contribution in [2.24, 2.45) is 11.7 Å². The van der Waals surface area contributed by atoms with Gasteiger partial charge in [-0.3, -0.25) is 14.5 Å². The number of hydrogen-bond donors (Lipinski definition) is 1. The number of carbonyl (C=O) groups is 2. The zero-order valence-corrected chi connectivity index (χ0v) is 10.5. The van der Waals surface area contributed by atoms with Crippen LogP contribution >= 0.6 is 0 Å². The number of nitrogens with two attached hydrogens (primary N) is 1. The van der Waals surface area contributed by atoms with E-state index in [1.54, 1.807) is 17.0 Å². The third kappa shape index (κ3) is 2.19. The van der Waals surface area contributed by atoms with Gasteiger partial charge in [-0.1, -0.05) is 0 Å². The van der Waals surface area contributed by atoms with Gasteiger partial charge in [-0.05, 0) is 24.6 Å². The molecule has 19 heavy (non-hydrogen) atoms. The number of pyridine rings is 1. The van der Waals surface area contributed by atoms with Gasteiger partial charge in [-0.25, -0.2) is 4.98 Å². The molecule has 100 valence electrons. The van der Waals surface area contributed by atoms with Gasteiger partial charge in [0, 0.05) is 13.0 Å². The molecule has 2 aliphatic heterocycles. The number of fused-ring (bicyclic) bond motifs is 1. The average Bonchev–Trinajstić information content (AvgIpc) is 2.79. The van der Waals surface area contributed by atoms with Crippen molar-refractivity contribution < 1.29 is 14.3 Å². The lowest BCUT2D eigenvalue weighted by Gasteiger charge is -2.20. The first-order chi connectivity index (χ1) is 9.17. The molecule has 0 unspecified atom stereocenters. The molecule has 0 aliphatic carbocycles. The van der Waals surface area contributed by atoms with Gasteiger partial charge in [0.2, 0.25) is 5.91 Å². The summed E-state index contributed by atoms with van der Waals surface area (Å²) in [5.41, 5.74) is 6.21. The molecule has 3 heterocycles. The van der Waals surface area contributed by atoms with Crippen molar-refractivity contribution in [1.29, 1.82) is 0 Å². The van der Waals surface area contributed by atoms with Crippen LogP contribution in [0.5, 0.6) is 5.75 Å². The molecular formula is C13H15N3O3. The van der Waals surface area contributed by atoms with Gasteiger partial charge >= 0.3 is 0 Å². The van der Waals surface area contributed by atoms with E-state index in [-0.39, 0.29) is 30.6 Å². The molecule has 1 fully saturated rings. The number of amides is 1. The fraction of sp³-hybridized carbons (Fsp3) is 0.462. The lowest BCUT2D eigenvalue weighted by atomic mass is 10.1. The van der Waals surface area contributed by atoms with Crippen molar-refractivity contribution in [2.45, 2.75) is 12.8 Å². The number of anilines is 1. The van der Waals surface area contributed by atoms with E-state index in [0.29, 0.717) is 36.8 Å². The fourth-order valence-corrected chi connectivity index (χ4v) is 2.44. The number of aromatic nitrogens is 1. The second-order valence-corrected chi connectivity index (χ2v) is 4.93. The highest BCUT2D eigenvalue weighted by molar-refractivity contribution is 5.95. The molecular weight excluding hydrogens is 246 g/mol. The lowest BCUT2D eigenvalue weighted by molar-refractivity contribution is -0.121. The van der Waals surface area contributed by atoms with Crippen LogP contribution in [0.1, 0.15) is 12.1 Å². The SMILES string of the molecule is NC[C@@H]1CC(=O)N(c2ccc3c(n2)CC(=O)CO3)C1. The zero-order valence-electron chi connectivity index (χ0n) is 10.5.